The summed E-state index contributed by atoms with van der Waals surface area (Å²) in [6.07, 6.45) is 0. The first-order valence-electron chi connectivity index (χ1n) is 5.50. The number of benzene rings is 1. The third-order valence-corrected chi connectivity index (χ3v) is 1.77. The van der Waals surface area contributed by atoms with Gasteiger partial charge in [-0.2, -0.15) is 0 Å². The molecule has 1 aromatic carbocycles. The van der Waals surface area contributed by atoms with E-state index in [0.717, 1.165) is 5.56 Å². The second-order valence-corrected chi connectivity index (χ2v) is 2.77. The first kappa shape index (κ1) is 17.7. The summed E-state index contributed by atoms with van der Waals surface area (Å²) in [7, 11) is 2.81. The maximum atomic E-state index is 11.0. The van der Waals surface area contributed by atoms with E-state index in [-0.39, 0.29) is 5.71 Å². The smallest absolute Gasteiger partial charge is 0.403 e. The van der Waals surface area contributed by atoms with E-state index in [0.29, 0.717) is 5.56 Å². The Morgan fingerprint density at radius 3 is 1.94 bits per heavy atom. The highest BCUT2D eigenvalue weighted by atomic mass is 16.5. The molecule has 4 heteroatoms. The topological polar surface area (TPSA) is 77.9 Å². The standard InChI is InChI=1S/C10H11NO2.C2H6.CH5N/c1-7-3-5-8(6-4-7)9(11)10(12)13-2;2*1-2/h3-6,11H,1-2H3;1-2H3;2H2,1H3/p+1. The van der Waals surface area contributed by atoms with Crippen molar-refractivity contribution in [3.8, 4) is 0 Å². The van der Waals surface area contributed by atoms with Gasteiger partial charge in [0.2, 0.25) is 0 Å². The van der Waals surface area contributed by atoms with Crippen molar-refractivity contribution in [3.63, 3.8) is 0 Å². The van der Waals surface area contributed by atoms with Crippen LogP contribution in [-0.2, 0) is 9.53 Å². The number of esters is 1. The van der Waals surface area contributed by atoms with Gasteiger partial charge >= 0.3 is 5.97 Å². The van der Waals surface area contributed by atoms with Crippen LogP contribution in [-0.4, -0.2) is 25.8 Å². The number of methoxy groups -OCH3 is 1. The highest BCUT2D eigenvalue weighted by Crippen LogP contribution is 2.02. The molecule has 1 aromatic rings. The number of hydrogen-bond donors (Lipinski definition) is 2. The fraction of sp³-hybridized carbons (Fsp3) is 0.385. The molecular weight excluding hydrogens is 216 g/mol. The summed E-state index contributed by atoms with van der Waals surface area (Å²) < 4.78 is 4.50. The number of aryl methyl sites for hydroxylation is 1. The van der Waals surface area contributed by atoms with Crippen LogP contribution in [0.15, 0.2) is 24.3 Å². The van der Waals surface area contributed by atoms with Gasteiger partial charge in [0.15, 0.2) is 0 Å². The summed E-state index contributed by atoms with van der Waals surface area (Å²) in [6, 6.07) is 7.37. The highest BCUT2D eigenvalue weighted by molar-refractivity contribution is 6.40. The Bertz CT molecular complexity index is 332. The first-order chi connectivity index (χ1) is 8.15. The Kier molecular flexibility index (Phi) is 11.3. The molecule has 0 spiro atoms. The Hall–Kier alpha value is -1.68. The molecule has 0 aliphatic rings. The molecule has 0 unspecified atom stereocenters. The van der Waals surface area contributed by atoms with Crippen molar-refractivity contribution >= 4 is 11.7 Å². The molecule has 0 heterocycles. The number of carbonyl (C=O) groups is 1. The van der Waals surface area contributed by atoms with Gasteiger partial charge in [-0.1, -0.05) is 31.5 Å². The highest BCUT2D eigenvalue weighted by Gasteiger charge is 2.17. The van der Waals surface area contributed by atoms with E-state index in [4.69, 9.17) is 5.41 Å². The van der Waals surface area contributed by atoms with Crippen LogP contribution in [0.3, 0.4) is 0 Å². The van der Waals surface area contributed by atoms with Crippen LogP contribution in [0.25, 0.3) is 0 Å². The summed E-state index contributed by atoms with van der Waals surface area (Å²) in [5.74, 6) is -0.496. The Morgan fingerprint density at radius 1 is 1.18 bits per heavy atom. The van der Waals surface area contributed by atoms with Crippen molar-refractivity contribution in [2.24, 2.45) is 5.73 Å². The van der Waals surface area contributed by atoms with Gasteiger partial charge in [-0.25, -0.2) is 10.2 Å². The van der Waals surface area contributed by atoms with Gasteiger partial charge in [-0.15, -0.1) is 0 Å². The van der Waals surface area contributed by atoms with Gasteiger partial charge in [0.25, 0.3) is 5.71 Å². The lowest BCUT2D eigenvalue weighted by atomic mass is 10.1. The van der Waals surface area contributed by atoms with Crippen LogP contribution in [0.5, 0.6) is 0 Å². The fourth-order valence-electron chi connectivity index (χ4n) is 0.961. The number of rotatable bonds is 2. The summed E-state index contributed by atoms with van der Waals surface area (Å²) in [5.41, 5.74) is 6.46. The van der Waals surface area contributed by atoms with Crippen LogP contribution in [0, 0.1) is 6.92 Å². The number of nitrogens with two attached hydrogens (primary N) is 2. The molecule has 4 N–H and O–H groups in total. The zero-order valence-electron chi connectivity index (χ0n) is 11.3. The van der Waals surface area contributed by atoms with Crippen molar-refractivity contribution in [1.82, 2.24) is 0 Å². The number of ether oxygens (including phenoxy) is 1. The Morgan fingerprint density at radius 2 is 1.59 bits per heavy atom. The normalized spacial score (nSPS) is 7.88. The third-order valence-electron chi connectivity index (χ3n) is 1.77. The Labute approximate surface area is 103 Å². The van der Waals surface area contributed by atoms with Crippen molar-refractivity contribution in [3.05, 3.63) is 35.4 Å². The lowest BCUT2D eigenvalue weighted by Crippen LogP contribution is -2.46. The lowest BCUT2D eigenvalue weighted by molar-refractivity contribution is -0.149. The molecule has 0 amide bonds. The molecule has 96 valence electrons. The molecule has 0 fully saturated rings. The van der Waals surface area contributed by atoms with E-state index in [1.165, 1.54) is 14.2 Å². The minimum absolute atomic E-state index is 0.141. The van der Waals surface area contributed by atoms with Crippen molar-refractivity contribution in [2.75, 3.05) is 14.2 Å². The summed E-state index contributed by atoms with van der Waals surface area (Å²) >= 11 is 0. The van der Waals surface area contributed by atoms with Crippen LogP contribution in [0.4, 0.5) is 0 Å². The molecule has 1 rings (SSSR count). The largest absolute Gasteiger partial charge is 0.461 e. The molecule has 4 nitrogen and oxygen atoms in total. The second kappa shape index (κ2) is 10.8. The molecule has 0 bridgehead atoms. The van der Waals surface area contributed by atoms with Gasteiger partial charge in [0.1, 0.15) is 0 Å². The van der Waals surface area contributed by atoms with Crippen LogP contribution in [0.1, 0.15) is 25.0 Å². The van der Waals surface area contributed by atoms with Crippen LogP contribution >= 0.6 is 0 Å². The number of carbonyl (C=O) groups excluding carboxylic acids is 1. The molecule has 0 saturated heterocycles. The fourth-order valence-corrected chi connectivity index (χ4v) is 0.961. The Balaban J connectivity index is 0. The SMILES string of the molecule is CC.CN.COC(=O)C(=[NH2+])c1ccc(C)cc1. The molecular formula is C13H23N2O2+. The summed E-state index contributed by atoms with van der Waals surface area (Å²) in [5, 5.41) is 5.54. The average molecular weight is 239 g/mol. The number of hydrogen-bond acceptors (Lipinski definition) is 3. The van der Waals surface area contributed by atoms with Gasteiger partial charge in [0, 0.05) is 0 Å². The second-order valence-electron chi connectivity index (χ2n) is 2.77. The van der Waals surface area contributed by atoms with Gasteiger partial charge in [0.05, 0.1) is 12.7 Å². The van der Waals surface area contributed by atoms with E-state index >= 15 is 0 Å². The lowest BCUT2D eigenvalue weighted by Gasteiger charge is -1.97. The molecule has 0 aliphatic carbocycles. The van der Waals surface area contributed by atoms with Crippen LogP contribution < -0.4 is 11.1 Å². The quantitative estimate of drug-likeness (QED) is 0.576. The zero-order valence-corrected chi connectivity index (χ0v) is 11.3. The molecule has 0 aromatic heterocycles. The van der Waals surface area contributed by atoms with Gasteiger partial charge in [-0.3, -0.25) is 0 Å². The molecule has 0 saturated carbocycles. The van der Waals surface area contributed by atoms with Gasteiger partial charge in [-0.05, 0) is 26.1 Å². The minimum atomic E-state index is -0.496. The van der Waals surface area contributed by atoms with Crippen LogP contribution in [0.2, 0.25) is 0 Å². The van der Waals surface area contributed by atoms with E-state index in [2.05, 4.69) is 10.5 Å². The van der Waals surface area contributed by atoms with E-state index in [1.54, 1.807) is 12.1 Å². The van der Waals surface area contributed by atoms with Gasteiger partial charge < -0.3 is 10.5 Å². The zero-order chi connectivity index (χ0) is 13.8. The molecule has 0 atom stereocenters. The van der Waals surface area contributed by atoms with Crippen molar-refractivity contribution < 1.29 is 14.9 Å². The predicted molar refractivity (Wildman–Crippen MR) is 70.7 cm³/mol. The van der Waals surface area contributed by atoms with E-state index < -0.39 is 5.97 Å². The predicted octanol–water partition coefficient (Wildman–Crippen LogP) is 0.317. The third kappa shape index (κ3) is 6.48. The summed E-state index contributed by atoms with van der Waals surface area (Å²) in [4.78, 5) is 11.0. The molecule has 0 aliphatic heterocycles. The minimum Gasteiger partial charge on any atom is -0.461 e. The molecule has 17 heavy (non-hydrogen) atoms. The maximum Gasteiger partial charge on any atom is 0.403 e. The molecule has 0 radical (unpaired) electrons. The van der Waals surface area contributed by atoms with E-state index in [9.17, 15) is 4.79 Å². The average Bonchev–Trinajstić information content (AvgIpc) is 2.42. The van der Waals surface area contributed by atoms with Crippen molar-refractivity contribution in [2.45, 2.75) is 20.8 Å². The summed E-state index contributed by atoms with van der Waals surface area (Å²) in [6.45, 7) is 5.97. The van der Waals surface area contributed by atoms with Crippen molar-refractivity contribution in [1.29, 1.82) is 0 Å². The van der Waals surface area contributed by atoms with E-state index in [1.807, 2.05) is 32.9 Å². The first-order valence-corrected chi connectivity index (χ1v) is 5.50. The maximum absolute atomic E-state index is 11.0. The monoisotopic (exact) mass is 239 g/mol.